The van der Waals surface area contributed by atoms with Crippen LogP contribution in [-0.2, 0) is 16.1 Å². The van der Waals surface area contributed by atoms with Crippen LogP contribution < -0.4 is 10.1 Å². The van der Waals surface area contributed by atoms with Crippen molar-refractivity contribution in [3.05, 3.63) is 63.6 Å². The fourth-order valence-corrected chi connectivity index (χ4v) is 2.92. The number of rotatable bonds is 8. The Labute approximate surface area is 172 Å². The number of nitrogens with one attached hydrogen (secondary N) is 1. The number of halogens is 2. The molecule has 144 valence electrons. The van der Waals surface area contributed by atoms with Gasteiger partial charge < -0.3 is 15.0 Å². The number of nitrogens with zero attached hydrogens (tertiary/aromatic N) is 1. The number of ether oxygens (including phenoxy) is 1. The molecule has 1 atom stereocenters. The molecule has 0 aliphatic rings. The van der Waals surface area contributed by atoms with Crippen LogP contribution >= 0.6 is 27.5 Å². The summed E-state index contributed by atoms with van der Waals surface area (Å²) in [5.41, 5.74) is 0.922. The van der Waals surface area contributed by atoms with Crippen LogP contribution in [0, 0.1) is 0 Å². The summed E-state index contributed by atoms with van der Waals surface area (Å²) < 4.78 is 6.51. The Hall–Kier alpha value is -2.05. The minimum absolute atomic E-state index is 0.180. The predicted octanol–water partition coefficient (Wildman–Crippen LogP) is 4.03. The highest BCUT2D eigenvalue weighted by Gasteiger charge is 2.26. The van der Waals surface area contributed by atoms with E-state index in [1.807, 2.05) is 31.2 Å². The summed E-state index contributed by atoms with van der Waals surface area (Å²) in [4.78, 5) is 26.6. The van der Waals surface area contributed by atoms with Gasteiger partial charge in [0.15, 0.2) is 6.61 Å². The zero-order valence-electron chi connectivity index (χ0n) is 15.2. The van der Waals surface area contributed by atoms with Gasteiger partial charge in [0.2, 0.25) is 5.91 Å². The first kappa shape index (κ1) is 21.3. The largest absolute Gasteiger partial charge is 0.484 e. The van der Waals surface area contributed by atoms with E-state index in [9.17, 15) is 9.59 Å². The molecule has 5 nitrogen and oxygen atoms in total. The molecule has 2 aromatic carbocycles. The highest BCUT2D eigenvalue weighted by molar-refractivity contribution is 9.10. The zero-order chi connectivity index (χ0) is 19.8. The Balaban J connectivity index is 2.12. The number of likely N-dealkylation sites (N-methyl/N-ethyl adjacent to an activating group) is 1. The standard InChI is InChI=1S/C20H22BrClN2O3/c1-3-23-20(26)14(2)24(12-15-7-9-16(21)10-8-15)19(25)13-27-18-6-4-5-17(22)11-18/h4-11,14H,3,12-13H2,1-2H3,(H,23,26)/t14-/m1/s1. The molecule has 7 heteroatoms. The normalized spacial score (nSPS) is 11.6. The lowest BCUT2D eigenvalue weighted by atomic mass is 10.1. The van der Waals surface area contributed by atoms with Gasteiger partial charge in [-0.1, -0.05) is 45.7 Å². The van der Waals surface area contributed by atoms with E-state index in [1.165, 1.54) is 4.90 Å². The molecule has 0 aromatic heterocycles. The summed E-state index contributed by atoms with van der Waals surface area (Å²) in [6.07, 6.45) is 0. The molecule has 0 unspecified atom stereocenters. The van der Waals surface area contributed by atoms with E-state index in [1.54, 1.807) is 31.2 Å². The number of benzene rings is 2. The van der Waals surface area contributed by atoms with E-state index in [0.717, 1.165) is 10.0 Å². The van der Waals surface area contributed by atoms with Gasteiger partial charge in [-0.25, -0.2) is 0 Å². The quantitative estimate of drug-likeness (QED) is 0.656. The van der Waals surface area contributed by atoms with Gasteiger partial charge >= 0.3 is 0 Å². The fourth-order valence-electron chi connectivity index (χ4n) is 2.48. The van der Waals surface area contributed by atoms with Crippen molar-refractivity contribution < 1.29 is 14.3 Å². The van der Waals surface area contributed by atoms with Crippen LogP contribution in [0.5, 0.6) is 5.75 Å². The minimum Gasteiger partial charge on any atom is -0.484 e. The third-order valence-electron chi connectivity index (χ3n) is 3.94. The third kappa shape index (κ3) is 6.56. The van der Waals surface area contributed by atoms with E-state index < -0.39 is 6.04 Å². The van der Waals surface area contributed by atoms with E-state index >= 15 is 0 Å². The lowest BCUT2D eigenvalue weighted by molar-refractivity contribution is -0.142. The molecule has 1 N–H and O–H groups in total. The summed E-state index contributed by atoms with van der Waals surface area (Å²) in [5, 5.41) is 3.29. The molecule has 0 bridgehead atoms. The first-order valence-electron chi connectivity index (χ1n) is 8.60. The topological polar surface area (TPSA) is 58.6 Å². The average molecular weight is 454 g/mol. The van der Waals surface area contributed by atoms with Crippen LogP contribution in [0.1, 0.15) is 19.4 Å². The van der Waals surface area contributed by atoms with Gasteiger partial charge in [-0.3, -0.25) is 9.59 Å². The van der Waals surface area contributed by atoms with Crippen molar-refractivity contribution in [3.63, 3.8) is 0 Å². The van der Waals surface area contributed by atoms with Crippen LogP contribution in [0.4, 0.5) is 0 Å². The second kappa shape index (κ2) is 10.3. The van der Waals surface area contributed by atoms with Crippen molar-refractivity contribution in [2.75, 3.05) is 13.2 Å². The lowest BCUT2D eigenvalue weighted by Gasteiger charge is -2.28. The van der Waals surface area contributed by atoms with Crippen LogP contribution in [0.15, 0.2) is 53.0 Å². The van der Waals surface area contributed by atoms with Gasteiger partial charge in [0.1, 0.15) is 11.8 Å². The molecule has 2 rings (SSSR count). The van der Waals surface area contributed by atoms with E-state index in [2.05, 4.69) is 21.2 Å². The second-order valence-electron chi connectivity index (χ2n) is 5.96. The van der Waals surface area contributed by atoms with E-state index in [0.29, 0.717) is 23.9 Å². The number of carbonyl (C=O) groups is 2. The first-order chi connectivity index (χ1) is 12.9. The predicted molar refractivity (Wildman–Crippen MR) is 110 cm³/mol. The Morgan fingerprint density at radius 3 is 2.56 bits per heavy atom. The summed E-state index contributed by atoms with van der Waals surface area (Å²) in [5.74, 6) is 0.0208. The minimum atomic E-state index is -0.621. The Bertz CT molecular complexity index is 783. The van der Waals surface area contributed by atoms with Crippen molar-refractivity contribution in [2.24, 2.45) is 0 Å². The van der Waals surface area contributed by atoms with Crippen molar-refractivity contribution in [3.8, 4) is 5.75 Å². The van der Waals surface area contributed by atoms with Crippen LogP contribution in [-0.4, -0.2) is 35.9 Å². The highest BCUT2D eigenvalue weighted by atomic mass is 79.9. The Morgan fingerprint density at radius 1 is 1.22 bits per heavy atom. The maximum absolute atomic E-state index is 12.8. The molecule has 0 saturated carbocycles. The molecule has 27 heavy (non-hydrogen) atoms. The van der Waals surface area contributed by atoms with Gasteiger partial charge in [-0.2, -0.15) is 0 Å². The van der Waals surface area contributed by atoms with Gasteiger partial charge in [0.05, 0.1) is 0 Å². The summed E-state index contributed by atoms with van der Waals surface area (Å²) in [6, 6.07) is 13.8. The first-order valence-corrected chi connectivity index (χ1v) is 9.77. The van der Waals surface area contributed by atoms with Gasteiger partial charge in [0, 0.05) is 22.6 Å². The van der Waals surface area contributed by atoms with Crippen LogP contribution in [0.25, 0.3) is 0 Å². The molecule has 2 amide bonds. The lowest BCUT2D eigenvalue weighted by Crippen LogP contribution is -2.49. The molecular weight excluding hydrogens is 432 g/mol. The molecule has 0 aliphatic heterocycles. The summed E-state index contributed by atoms with van der Waals surface area (Å²) in [6.45, 7) is 4.18. The maximum Gasteiger partial charge on any atom is 0.261 e. The number of hydrogen-bond donors (Lipinski definition) is 1. The Kier molecular flexibility index (Phi) is 8.13. The molecule has 0 saturated heterocycles. The number of carbonyl (C=O) groups excluding carboxylic acids is 2. The Morgan fingerprint density at radius 2 is 1.93 bits per heavy atom. The van der Waals surface area contributed by atoms with E-state index in [-0.39, 0.29) is 18.4 Å². The molecule has 0 radical (unpaired) electrons. The molecule has 0 fully saturated rings. The van der Waals surface area contributed by atoms with Crippen molar-refractivity contribution in [2.45, 2.75) is 26.4 Å². The number of hydrogen-bond acceptors (Lipinski definition) is 3. The molecule has 2 aromatic rings. The van der Waals surface area contributed by atoms with Gasteiger partial charge in [-0.05, 0) is 49.7 Å². The molecule has 0 aliphatic carbocycles. The second-order valence-corrected chi connectivity index (χ2v) is 7.32. The fraction of sp³-hybridized carbons (Fsp3) is 0.300. The summed E-state index contributed by atoms with van der Waals surface area (Å²) >= 11 is 9.33. The van der Waals surface area contributed by atoms with E-state index in [4.69, 9.17) is 16.3 Å². The van der Waals surface area contributed by atoms with Crippen molar-refractivity contribution >= 4 is 39.3 Å². The SMILES string of the molecule is CCNC(=O)[C@@H](C)N(Cc1ccc(Br)cc1)C(=O)COc1cccc(Cl)c1. The average Bonchev–Trinajstić information content (AvgIpc) is 2.65. The molecule has 0 heterocycles. The van der Waals surface area contributed by atoms with Gasteiger partial charge in [0.25, 0.3) is 5.91 Å². The third-order valence-corrected chi connectivity index (χ3v) is 4.71. The highest BCUT2D eigenvalue weighted by Crippen LogP contribution is 2.18. The smallest absolute Gasteiger partial charge is 0.261 e. The number of amides is 2. The van der Waals surface area contributed by atoms with Crippen LogP contribution in [0.3, 0.4) is 0 Å². The van der Waals surface area contributed by atoms with Crippen molar-refractivity contribution in [1.29, 1.82) is 0 Å². The summed E-state index contributed by atoms with van der Waals surface area (Å²) in [7, 11) is 0. The zero-order valence-corrected chi connectivity index (χ0v) is 17.6. The van der Waals surface area contributed by atoms with Crippen LogP contribution in [0.2, 0.25) is 5.02 Å². The monoisotopic (exact) mass is 452 g/mol. The maximum atomic E-state index is 12.8. The van der Waals surface area contributed by atoms with Gasteiger partial charge in [-0.15, -0.1) is 0 Å². The molecular formula is C20H22BrClN2O3. The van der Waals surface area contributed by atoms with Crippen molar-refractivity contribution in [1.82, 2.24) is 10.2 Å². The molecule has 0 spiro atoms.